The van der Waals surface area contributed by atoms with E-state index in [1.807, 2.05) is 84.9 Å². The zero-order chi connectivity index (χ0) is 26.6. The summed E-state index contributed by atoms with van der Waals surface area (Å²) in [5, 5.41) is 4.00. The third-order valence-corrected chi connectivity index (χ3v) is 7.58. The number of nitrogens with zero attached hydrogens (tertiary/aromatic N) is 2. The maximum absolute atomic E-state index is 13.3. The Morgan fingerprint density at radius 3 is 2.00 bits per heavy atom. The van der Waals surface area contributed by atoms with Crippen molar-refractivity contribution in [3.63, 3.8) is 0 Å². The summed E-state index contributed by atoms with van der Waals surface area (Å²) in [6, 6.07) is 34.8. The number of carbonyl (C=O) groups excluding carboxylic acids is 1. The molecule has 4 aromatic carbocycles. The summed E-state index contributed by atoms with van der Waals surface area (Å²) in [5.41, 5.74) is 5.26. The molecule has 0 aliphatic rings. The lowest BCUT2D eigenvalue weighted by Crippen LogP contribution is -2.40. The Labute approximate surface area is 223 Å². The monoisotopic (exact) mass is 527 g/mol. The Morgan fingerprint density at radius 2 is 1.37 bits per heavy atom. The molecule has 0 fully saturated rings. The second-order valence-electron chi connectivity index (χ2n) is 8.52. The first-order valence-electron chi connectivity index (χ1n) is 12.2. The van der Waals surface area contributed by atoms with Crippen LogP contribution < -0.4 is 10.2 Å². The van der Waals surface area contributed by atoms with Crippen LogP contribution in [0.5, 0.6) is 5.75 Å². The molecule has 0 spiro atoms. The van der Waals surface area contributed by atoms with Crippen molar-refractivity contribution in [3.05, 3.63) is 132 Å². The number of sulfonamides is 1. The van der Waals surface area contributed by atoms with Crippen molar-refractivity contribution in [1.82, 2.24) is 9.73 Å². The van der Waals surface area contributed by atoms with Gasteiger partial charge in [0, 0.05) is 6.54 Å². The van der Waals surface area contributed by atoms with Crippen LogP contribution in [-0.2, 0) is 27.8 Å². The summed E-state index contributed by atoms with van der Waals surface area (Å²) in [6.45, 7) is 0.271. The van der Waals surface area contributed by atoms with Gasteiger partial charge in [-0.15, -0.1) is 0 Å². The van der Waals surface area contributed by atoms with E-state index in [2.05, 4.69) is 10.5 Å². The minimum atomic E-state index is -3.87. The van der Waals surface area contributed by atoms with Gasteiger partial charge in [-0.25, -0.2) is 13.8 Å². The van der Waals surface area contributed by atoms with E-state index in [0.29, 0.717) is 13.0 Å². The van der Waals surface area contributed by atoms with Crippen molar-refractivity contribution in [2.24, 2.45) is 5.10 Å². The van der Waals surface area contributed by atoms with Crippen LogP contribution in [0, 0.1) is 0 Å². The van der Waals surface area contributed by atoms with Gasteiger partial charge in [-0.1, -0.05) is 78.9 Å². The lowest BCUT2D eigenvalue weighted by Gasteiger charge is -2.21. The minimum Gasteiger partial charge on any atom is -0.489 e. The molecule has 4 rings (SSSR count). The predicted molar refractivity (Wildman–Crippen MR) is 148 cm³/mol. The van der Waals surface area contributed by atoms with Gasteiger partial charge in [0.1, 0.15) is 12.4 Å². The van der Waals surface area contributed by atoms with Crippen molar-refractivity contribution < 1.29 is 17.9 Å². The molecular formula is C30H29N3O4S. The highest BCUT2D eigenvalue weighted by molar-refractivity contribution is 7.89. The van der Waals surface area contributed by atoms with Crippen LogP contribution in [0.4, 0.5) is 0 Å². The molecule has 0 aliphatic heterocycles. The Kier molecular flexibility index (Phi) is 9.39. The second-order valence-corrected chi connectivity index (χ2v) is 10.5. The lowest BCUT2D eigenvalue weighted by atomic mass is 10.1. The molecule has 8 heteroatoms. The van der Waals surface area contributed by atoms with Gasteiger partial charge < -0.3 is 4.74 Å². The Hall–Kier alpha value is -4.27. The highest BCUT2D eigenvalue weighted by atomic mass is 32.2. The zero-order valence-electron chi connectivity index (χ0n) is 20.8. The van der Waals surface area contributed by atoms with Gasteiger partial charge in [-0.2, -0.15) is 9.41 Å². The first kappa shape index (κ1) is 26.8. The molecule has 0 aliphatic carbocycles. The fraction of sp³-hybridized carbons (Fsp3) is 0.133. The number of amides is 1. The SMILES string of the molecule is O=C(CN(CCc1ccccc1)S(=O)(=O)c1ccccc1)N/N=C/c1ccc(OCc2ccccc2)cc1. The Bertz CT molecular complexity index is 1430. The summed E-state index contributed by atoms with van der Waals surface area (Å²) in [7, 11) is -3.87. The largest absolute Gasteiger partial charge is 0.489 e. The summed E-state index contributed by atoms with van der Waals surface area (Å²) >= 11 is 0. The van der Waals surface area contributed by atoms with E-state index in [1.165, 1.54) is 22.7 Å². The molecule has 0 unspecified atom stereocenters. The van der Waals surface area contributed by atoms with Gasteiger partial charge in [-0.05, 0) is 59.5 Å². The van der Waals surface area contributed by atoms with Gasteiger partial charge in [0.05, 0.1) is 17.7 Å². The van der Waals surface area contributed by atoms with E-state index >= 15 is 0 Å². The molecule has 1 amide bonds. The summed E-state index contributed by atoms with van der Waals surface area (Å²) in [5.74, 6) is 0.187. The molecule has 194 valence electrons. The maximum Gasteiger partial charge on any atom is 0.255 e. The van der Waals surface area contributed by atoms with Crippen LogP contribution in [0.25, 0.3) is 0 Å². The van der Waals surface area contributed by atoms with E-state index < -0.39 is 15.9 Å². The predicted octanol–water partition coefficient (Wildman–Crippen LogP) is 4.65. The highest BCUT2D eigenvalue weighted by Crippen LogP contribution is 2.16. The summed E-state index contributed by atoms with van der Waals surface area (Å²) < 4.78 is 33.5. The topological polar surface area (TPSA) is 88.1 Å². The molecule has 0 atom stereocenters. The quantitative estimate of drug-likeness (QED) is 0.215. The molecular weight excluding hydrogens is 498 g/mol. The third-order valence-electron chi connectivity index (χ3n) is 5.72. The number of hydrogen-bond acceptors (Lipinski definition) is 5. The van der Waals surface area contributed by atoms with E-state index in [-0.39, 0.29) is 18.0 Å². The average molecular weight is 528 g/mol. The molecule has 0 radical (unpaired) electrons. The molecule has 0 saturated carbocycles. The first-order chi connectivity index (χ1) is 18.5. The standard InChI is InChI=1S/C30H29N3O4S/c34-30(32-31-22-26-16-18-28(19-17-26)37-24-27-12-6-2-7-13-27)23-33(21-20-25-10-4-1-5-11-25)38(35,36)29-14-8-3-9-15-29/h1-19,22H,20-21,23-24H2,(H,32,34)/b31-22+. The smallest absolute Gasteiger partial charge is 0.255 e. The lowest BCUT2D eigenvalue weighted by molar-refractivity contribution is -0.121. The number of rotatable bonds is 12. The number of hydrogen-bond donors (Lipinski definition) is 1. The van der Waals surface area contributed by atoms with Crippen molar-refractivity contribution in [3.8, 4) is 5.75 Å². The minimum absolute atomic E-state index is 0.138. The molecule has 0 aromatic heterocycles. The van der Waals surface area contributed by atoms with Crippen molar-refractivity contribution in [2.75, 3.05) is 13.1 Å². The maximum atomic E-state index is 13.3. The van der Waals surface area contributed by atoms with Crippen molar-refractivity contribution in [1.29, 1.82) is 0 Å². The molecule has 0 saturated heterocycles. The average Bonchev–Trinajstić information content (AvgIpc) is 2.96. The first-order valence-corrected chi connectivity index (χ1v) is 13.6. The Morgan fingerprint density at radius 1 is 0.789 bits per heavy atom. The normalized spacial score (nSPS) is 11.5. The molecule has 7 nitrogen and oxygen atoms in total. The van der Waals surface area contributed by atoms with Gasteiger partial charge >= 0.3 is 0 Å². The van der Waals surface area contributed by atoms with Gasteiger partial charge in [0.25, 0.3) is 5.91 Å². The molecule has 1 N–H and O–H groups in total. The van der Waals surface area contributed by atoms with Crippen LogP contribution in [-0.4, -0.2) is 37.9 Å². The summed E-state index contributed by atoms with van der Waals surface area (Å²) in [6.07, 6.45) is 1.97. The van der Waals surface area contributed by atoms with Crippen LogP contribution in [0.2, 0.25) is 0 Å². The fourth-order valence-corrected chi connectivity index (χ4v) is 5.11. The Balaban J connectivity index is 1.35. The van der Waals surface area contributed by atoms with E-state index in [1.54, 1.807) is 18.2 Å². The second kappa shape index (κ2) is 13.3. The van der Waals surface area contributed by atoms with Crippen LogP contribution >= 0.6 is 0 Å². The van der Waals surface area contributed by atoms with Crippen LogP contribution in [0.1, 0.15) is 16.7 Å². The van der Waals surface area contributed by atoms with E-state index in [0.717, 1.165) is 22.4 Å². The molecule has 0 heterocycles. The van der Waals surface area contributed by atoms with E-state index in [4.69, 9.17) is 4.74 Å². The highest BCUT2D eigenvalue weighted by Gasteiger charge is 2.26. The molecule has 0 bridgehead atoms. The fourth-order valence-electron chi connectivity index (χ4n) is 3.69. The molecule has 4 aromatic rings. The van der Waals surface area contributed by atoms with Crippen molar-refractivity contribution >= 4 is 22.1 Å². The number of ether oxygens (including phenoxy) is 1. The van der Waals surface area contributed by atoms with Gasteiger partial charge in [-0.3, -0.25) is 4.79 Å². The van der Waals surface area contributed by atoms with E-state index in [9.17, 15) is 13.2 Å². The third kappa shape index (κ3) is 7.86. The van der Waals surface area contributed by atoms with Gasteiger partial charge in [0.2, 0.25) is 10.0 Å². The number of nitrogens with one attached hydrogen (secondary N) is 1. The number of carbonyl (C=O) groups is 1. The van der Waals surface area contributed by atoms with Gasteiger partial charge in [0.15, 0.2) is 0 Å². The van der Waals surface area contributed by atoms with Crippen molar-refractivity contribution in [2.45, 2.75) is 17.9 Å². The molecule has 38 heavy (non-hydrogen) atoms. The zero-order valence-corrected chi connectivity index (χ0v) is 21.6. The summed E-state index contributed by atoms with van der Waals surface area (Å²) in [4.78, 5) is 12.8. The van der Waals surface area contributed by atoms with Crippen LogP contribution in [0.15, 0.2) is 125 Å². The number of benzene rings is 4. The van der Waals surface area contributed by atoms with Crippen LogP contribution in [0.3, 0.4) is 0 Å². The number of hydrazone groups is 1.